The molecule has 306 valence electrons. The van der Waals surface area contributed by atoms with Crippen LogP contribution in [0.25, 0.3) is 0 Å². The van der Waals surface area contributed by atoms with E-state index in [0.717, 1.165) is 70.6 Å². The van der Waals surface area contributed by atoms with Crippen LogP contribution in [0.2, 0.25) is 0 Å². The SMILES string of the molecule is CC/C=C\C/C=C\C/C=C\CCCCC(=O)OC(COC(=O)C/C=C\C/C=C\C/C=C\CC)COC(=O)CCCCCCCCC/C=C\CCCCCC. The van der Waals surface area contributed by atoms with Crippen molar-refractivity contribution >= 4 is 17.9 Å². The van der Waals surface area contributed by atoms with Crippen molar-refractivity contribution in [2.75, 3.05) is 13.2 Å². The van der Waals surface area contributed by atoms with E-state index in [0.29, 0.717) is 12.8 Å². The van der Waals surface area contributed by atoms with Crippen molar-refractivity contribution in [3.05, 3.63) is 85.1 Å². The van der Waals surface area contributed by atoms with E-state index >= 15 is 0 Å². The van der Waals surface area contributed by atoms with E-state index in [-0.39, 0.29) is 38.0 Å². The molecule has 1 atom stereocenters. The predicted octanol–water partition coefficient (Wildman–Crippen LogP) is 13.7. The van der Waals surface area contributed by atoms with E-state index < -0.39 is 12.1 Å². The predicted molar refractivity (Wildman–Crippen MR) is 228 cm³/mol. The van der Waals surface area contributed by atoms with E-state index in [1.807, 2.05) is 6.08 Å². The second-order valence-electron chi connectivity index (χ2n) is 13.8. The molecular weight excluding hydrogens is 673 g/mol. The van der Waals surface area contributed by atoms with Gasteiger partial charge in [-0.2, -0.15) is 0 Å². The summed E-state index contributed by atoms with van der Waals surface area (Å²) in [6.45, 7) is 6.22. The molecule has 0 aromatic heterocycles. The second kappa shape index (κ2) is 42.3. The molecule has 0 bridgehead atoms. The maximum absolute atomic E-state index is 12.6. The fourth-order valence-corrected chi connectivity index (χ4v) is 5.45. The molecule has 0 heterocycles. The zero-order valence-corrected chi connectivity index (χ0v) is 34.7. The molecule has 6 heteroatoms. The topological polar surface area (TPSA) is 78.9 Å². The van der Waals surface area contributed by atoms with E-state index in [1.54, 1.807) is 6.08 Å². The molecule has 0 aromatic carbocycles. The van der Waals surface area contributed by atoms with Crippen molar-refractivity contribution in [1.29, 1.82) is 0 Å². The summed E-state index contributed by atoms with van der Waals surface area (Å²) in [5, 5.41) is 0. The van der Waals surface area contributed by atoms with E-state index in [2.05, 4.69) is 93.7 Å². The summed E-state index contributed by atoms with van der Waals surface area (Å²) >= 11 is 0. The molecule has 0 aromatic rings. The van der Waals surface area contributed by atoms with Crippen LogP contribution < -0.4 is 0 Å². The first-order valence-corrected chi connectivity index (χ1v) is 21.6. The number of unbranched alkanes of at least 4 members (excludes halogenated alkanes) is 13. The summed E-state index contributed by atoms with van der Waals surface area (Å²) in [6, 6.07) is 0. The summed E-state index contributed by atoms with van der Waals surface area (Å²) < 4.78 is 16.5. The van der Waals surface area contributed by atoms with Crippen LogP contribution in [-0.2, 0) is 28.6 Å². The standard InChI is InChI=1S/C48H78O6/c1-4-7-10-13-16-19-21-23-24-25-27-29-32-35-38-41-47(50)53-44-45(43-52-46(49)40-37-34-31-28-18-15-12-9-6-3)54-48(51)42-39-36-33-30-26-22-20-17-14-11-8-5-2/h8-9,11-12,17-21,26,28,30,34,37,45H,4-7,10,13-16,22-25,27,29,31-33,35-36,38-44H2,1-3H3/b11-8-,12-9-,20-17-,21-19-,28-18-,30-26-,37-34-. The molecule has 0 spiro atoms. The number of hydrogen-bond acceptors (Lipinski definition) is 6. The molecule has 0 aliphatic rings. The molecule has 0 radical (unpaired) electrons. The van der Waals surface area contributed by atoms with Crippen molar-refractivity contribution in [3.63, 3.8) is 0 Å². The molecule has 1 unspecified atom stereocenters. The van der Waals surface area contributed by atoms with Gasteiger partial charge in [0.1, 0.15) is 13.2 Å². The number of carbonyl (C=O) groups excluding carboxylic acids is 3. The van der Waals surface area contributed by atoms with Gasteiger partial charge >= 0.3 is 17.9 Å². The van der Waals surface area contributed by atoms with Crippen LogP contribution in [0.3, 0.4) is 0 Å². The third kappa shape index (κ3) is 39.8. The van der Waals surface area contributed by atoms with Crippen LogP contribution in [0.5, 0.6) is 0 Å². The Morgan fingerprint density at radius 3 is 1.35 bits per heavy atom. The van der Waals surface area contributed by atoms with Crippen LogP contribution in [0, 0.1) is 0 Å². The normalized spacial score (nSPS) is 12.9. The Morgan fingerprint density at radius 2 is 0.796 bits per heavy atom. The molecule has 0 saturated heterocycles. The van der Waals surface area contributed by atoms with Gasteiger partial charge in [-0.25, -0.2) is 0 Å². The number of hydrogen-bond donors (Lipinski definition) is 0. The zero-order valence-electron chi connectivity index (χ0n) is 34.7. The molecule has 0 aliphatic carbocycles. The summed E-state index contributed by atoms with van der Waals surface area (Å²) in [6.07, 6.45) is 53.2. The largest absolute Gasteiger partial charge is 0.462 e. The Hall–Kier alpha value is -3.41. The number of rotatable bonds is 37. The zero-order chi connectivity index (χ0) is 39.4. The number of ether oxygens (including phenoxy) is 3. The van der Waals surface area contributed by atoms with E-state index in [4.69, 9.17) is 14.2 Å². The average molecular weight is 751 g/mol. The fourth-order valence-electron chi connectivity index (χ4n) is 5.45. The van der Waals surface area contributed by atoms with Gasteiger partial charge in [-0.3, -0.25) is 14.4 Å². The van der Waals surface area contributed by atoms with Crippen molar-refractivity contribution in [3.8, 4) is 0 Å². The van der Waals surface area contributed by atoms with Gasteiger partial charge in [-0.05, 0) is 89.9 Å². The molecule has 0 fully saturated rings. The van der Waals surface area contributed by atoms with Gasteiger partial charge in [0.05, 0.1) is 6.42 Å². The van der Waals surface area contributed by atoms with Crippen LogP contribution >= 0.6 is 0 Å². The van der Waals surface area contributed by atoms with Crippen molar-refractivity contribution in [2.24, 2.45) is 0 Å². The number of allylic oxidation sites excluding steroid dienone is 13. The minimum atomic E-state index is -0.830. The van der Waals surface area contributed by atoms with Crippen LogP contribution in [-0.4, -0.2) is 37.2 Å². The summed E-state index contributed by atoms with van der Waals surface area (Å²) in [5.74, 6) is -1.11. The van der Waals surface area contributed by atoms with Gasteiger partial charge in [-0.1, -0.05) is 157 Å². The lowest BCUT2D eigenvalue weighted by atomic mass is 10.1. The molecule has 54 heavy (non-hydrogen) atoms. The van der Waals surface area contributed by atoms with Crippen LogP contribution in [0.15, 0.2) is 85.1 Å². The van der Waals surface area contributed by atoms with Crippen molar-refractivity contribution in [2.45, 2.75) is 187 Å². The smallest absolute Gasteiger partial charge is 0.309 e. The van der Waals surface area contributed by atoms with Gasteiger partial charge in [0.15, 0.2) is 6.10 Å². The fraction of sp³-hybridized carbons (Fsp3) is 0.646. The molecule has 6 nitrogen and oxygen atoms in total. The highest BCUT2D eigenvalue weighted by Gasteiger charge is 2.19. The van der Waals surface area contributed by atoms with Gasteiger partial charge in [-0.15, -0.1) is 0 Å². The lowest BCUT2D eigenvalue weighted by Crippen LogP contribution is -2.30. The first-order valence-electron chi connectivity index (χ1n) is 21.6. The van der Waals surface area contributed by atoms with Gasteiger partial charge in [0, 0.05) is 12.8 Å². The number of carbonyl (C=O) groups is 3. The van der Waals surface area contributed by atoms with Crippen molar-refractivity contribution < 1.29 is 28.6 Å². The molecule has 0 rings (SSSR count). The average Bonchev–Trinajstić information content (AvgIpc) is 3.17. The summed E-state index contributed by atoms with van der Waals surface area (Å²) in [4.78, 5) is 37.5. The molecular formula is C48H78O6. The third-order valence-corrected chi connectivity index (χ3v) is 8.65. The third-order valence-electron chi connectivity index (χ3n) is 8.65. The highest BCUT2D eigenvalue weighted by molar-refractivity contribution is 5.72. The Balaban J connectivity index is 4.49. The lowest BCUT2D eigenvalue weighted by Gasteiger charge is -2.18. The highest BCUT2D eigenvalue weighted by atomic mass is 16.6. The molecule has 0 N–H and O–H groups in total. The van der Waals surface area contributed by atoms with Gasteiger partial charge in [0.25, 0.3) is 0 Å². The minimum absolute atomic E-state index is 0.122. The van der Waals surface area contributed by atoms with Crippen LogP contribution in [0.1, 0.15) is 181 Å². The highest BCUT2D eigenvalue weighted by Crippen LogP contribution is 2.12. The molecule has 0 amide bonds. The van der Waals surface area contributed by atoms with Crippen molar-refractivity contribution in [1.82, 2.24) is 0 Å². The van der Waals surface area contributed by atoms with Gasteiger partial charge < -0.3 is 14.2 Å². The first-order chi connectivity index (χ1) is 26.5. The van der Waals surface area contributed by atoms with Crippen LogP contribution in [0.4, 0.5) is 0 Å². The second-order valence-corrected chi connectivity index (χ2v) is 13.8. The Kier molecular flexibility index (Phi) is 39.7. The Morgan fingerprint density at radius 1 is 0.407 bits per heavy atom. The van der Waals surface area contributed by atoms with E-state index in [9.17, 15) is 14.4 Å². The lowest BCUT2D eigenvalue weighted by molar-refractivity contribution is -0.166. The number of esters is 3. The first kappa shape index (κ1) is 50.6. The van der Waals surface area contributed by atoms with E-state index in [1.165, 1.54) is 64.2 Å². The maximum Gasteiger partial charge on any atom is 0.309 e. The Bertz CT molecular complexity index is 1090. The monoisotopic (exact) mass is 751 g/mol. The Labute approximate surface area is 331 Å². The summed E-state index contributed by atoms with van der Waals surface area (Å²) in [7, 11) is 0. The molecule has 0 saturated carbocycles. The summed E-state index contributed by atoms with van der Waals surface area (Å²) in [5.41, 5.74) is 0. The van der Waals surface area contributed by atoms with Gasteiger partial charge in [0.2, 0.25) is 0 Å². The quantitative estimate of drug-likeness (QED) is 0.0272. The molecule has 0 aliphatic heterocycles. The minimum Gasteiger partial charge on any atom is -0.462 e. The maximum atomic E-state index is 12.6.